The molecule has 3 heterocycles. The van der Waals surface area contributed by atoms with Gasteiger partial charge in [-0.2, -0.15) is 0 Å². The highest BCUT2D eigenvalue weighted by molar-refractivity contribution is 6.05. The highest BCUT2D eigenvalue weighted by Crippen LogP contribution is 2.34. The van der Waals surface area contributed by atoms with E-state index in [1.165, 1.54) is 0 Å². The lowest BCUT2D eigenvalue weighted by molar-refractivity contribution is 0.0956. The second kappa shape index (κ2) is 7.58. The first-order chi connectivity index (χ1) is 15.1. The molecule has 0 bridgehead atoms. The monoisotopic (exact) mass is 416 g/mol. The molecule has 1 aliphatic rings. The molecule has 1 saturated carbocycles. The number of benzene rings is 1. The molecule has 4 aromatic rings. The summed E-state index contributed by atoms with van der Waals surface area (Å²) in [5.74, 6) is 0.848. The third kappa shape index (κ3) is 3.36. The van der Waals surface area contributed by atoms with Crippen LogP contribution in [0.3, 0.4) is 0 Å². The highest BCUT2D eigenvalue weighted by atomic mass is 16.5. The van der Waals surface area contributed by atoms with E-state index >= 15 is 0 Å². The van der Waals surface area contributed by atoms with Gasteiger partial charge in [-0.1, -0.05) is 0 Å². The van der Waals surface area contributed by atoms with Crippen molar-refractivity contribution in [1.29, 1.82) is 0 Å². The molecule has 0 aliphatic heterocycles. The van der Waals surface area contributed by atoms with E-state index < -0.39 is 0 Å². The van der Waals surface area contributed by atoms with Gasteiger partial charge in [-0.15, -0.1) is 0 Å². The van der Waals surface area contributed by atoms with E-state index in [9.17, 15) is 9.59 Å². The average Bonchev–Trinajstić information content (AvgIpc) is 3.47. The van der Waals surface area contributed by atoms with Crippen molar-refractivity contribution in [3.05, 3.63) is 58.6 Å². The number of methoxy groups -OCH3 is 1. The van der Waals surface area contributed by atoms with Gasteiger partial charge in [-0.05, 0) is 56.0 Å². The van der Waals surface area contributed by atoms with Crippen molar-refractivity contribution < 1.29 is 9.53 Å². The number of carbonyl (C=O) groups is 1. The maximum absolute atomic E-state index is 13.8. The molecule has 1 amide bonds. The van der Waals surface area contributed by atoms with Gasteiger partial charge in [0.25, 0.3) is 11.5 Å². The summed E-state index contributed by atoms with van der Waals surface area (Å²) in [4.78, 5) is 34.2. The minimum Gasteiger partial charge on any atom is -0.497 e. The second-order valence-electron chi connectivity index (χ2n) is 7.99. The molecule has 5 rings (SSSR count). The molecule has 1 fully saturated rings. The van der Waals surface area contributed by atoms with Crippen LogP contribution in [-0.4, -0.2) is 34.1 Å². The van der Waals surface area contributed by atoms with Crippen molar-refractivity contribution in [2.75, 3.05) is 13.7 Å². The van der Waals surface area contributed by atoms with E-state index in [0.717, 1.165) is 34.8 Å². The number of aromatic nitrogens is 3. The lowest BCUT2D eigenvalue weighted by Crippen LogP contribution is -2.26. The number of aromatic amines is 1. The number of carbonyl (C=O) groups excluding carboxylic acids is 1. The minimum atomic E-state index is -0.233. The lowest BCUT2D eigenvalue weighted by Gasteiger charge is -2.16. The number of rotatable bonds is 6. The van der Waals surface area contributed by atoms with Gasteiger partial charge in [0.2, 0.25) is 0 Å². The molecule has 0 spiro atoms. The van der Waals surface area contributed by atoms with Crippen molar-refractivity contribution in [3.8, 4) is 16.9 Å². The fourth-order valence-electron chi connectivity index (χ4n) is 4.13. The predicted molar refractivity (Wildman–Crippen MR) is 121 cm³/mol. The van der Waals surface area contributed by atoms with Gasteiger partial charge in [0.15, 0.2) is 0 Å². The number of hydrogen-bond donors (Lipinski definition) is 2. The fourth-order valence-corrected chi connectivity index (χ4v) is 4.13. The molecule has 0 atom stereocenters. The van der Waals surface area contributed by atoms with Gasteiger partial charge in [0.05, 0.1) is 18.2 Å². The van der Waals surface area contributed by atoms with E-state index in [-0.39, 0.29) is 11.5 Å². The smallest absolute Gasteiger partial charge is 0.258 e. The van der Waals surface area contributed by atoms with Crippen LogP contribution in [0.4, 0.5) is 0 Å². The summed E-state index contributed by atoms with van der Waals surface area (Å²) in [6.45, 7) is 3.03. The first-order valence-corrected chi connectivity index (χ1v) is 10.6. The predicted octanol–water partition coefficient (Wildman–Crippen LogP) is 3.71. The van der Waals surface area contributed by atoms with E-state index in [1.807, 2.05) is 29.8 Å². The van der Waals surface area contributed by atoms with Crippen LogP contribution in [0.1, 0.15) is 30.1 Å². The summed E-state index contributed by atoms with van der Waals surface area (Å²) in [7, 11) is 1.56. The van der Waals surface area contributed by atoms with Crippen molar-refractivity contribution in [2.24, 2.45) is 5.92 Å². The zero-order valence-electron chi connectivity index (χ0n) is 17.6. The van der Waals surface area contributed by atoms with Gasteiger partial charge < -0.3 is 19.6 Å². The lowest BCUT2D eigenvalue weighted by atomic mass is 9.98. The van der Waals surface area contributed by atoms with Crippen molar-refractivity contribution >= 4 is 27.8 Å². The number of nitrogens with one attached hydrogen (secondary N) is 2. The molecule has 0 unspecified atom stereocenters. The molecule has 2 N–H and O–H groups in total. The number of amides is 1. The standard InChI is InChI=1S/C24H24N4O3/c1-3-25-23(29)19-11-16(31-2)6-7-17(19)20-10-15-12-27-22-18(8-9-26-22)21(15)28(24(20)30)13-14-4-5-14/h6-12,14H,3-5,13H2,1-2H3,(H,25,29)(H,26,27). The third-order valence-electron chi connectivity index (χ3n) is 5.87. The Kier molecular flexibility index (Phi) is 4.73. The summed E-state index contributed by atoms with van der Waals surface area (Å²) < 4.78 is 7.19. The SMILES string of the molecule is CCNC(=O)c1cc(OC)ccc1-c1cc2cnc3[nH]ccc3c2n(CC2CC2)c1=O. The van der Waals surface area contributed by atoms with Crippen molar-refractivity contribution in [1.82, 2.24) is 19.9 Å². The first kappa shape index (κ1) is 19.4. The van der Waals surface area contributed by atoms with Crippen LogP contribution in [0, 0.1) is 5.92 Å². The number of H-pyrrole nitrogens is 1. The average molecular weight is 416 g/mol. The number of pyridine rings is 2. The van der Waals surface area contributed by atoms with Crippen molar-refractivity contribution in [3.63, 3.8) is 0 Å². The van der Waals surface area contributed by atoms with E-state index in [1.54, 1.807) is 31.5 Å². The molecule has 158 valence electrons. The second-order valence-corrected chi connectivity index (χ2v) is 7.99. The summed E-state index contributed by atoms with van der Waals surface area (Å²) >= 11 is 0. The van der Waals surface area contributed by atoms with Gasteiger partial charge in [-0.25, -0.2) is 4.98 Å². The van der Waals surface area contributed by atoms with Gasteiger partial charge in [0.1, 0.15) is 11.4 Å². The summed E-state index contributed by atoms with van der Waals surface area (Å²) in [6, 6.07) is 9.06. The molecule has 0 saturated heterocycles. The number of hydrogen-bond acceptors (Lipinski definition) is 4. The number of nitrogens with zero attached hydrogens (tertiary/aromatic N) is 2. The van der Waals surface area contributed by atoms with Crippen molar-refractivity contribution in [2.45, 2.75) is 26.3 Å². The molecule has 0 radical (unpaired) electrons. The summed E-state index contributed by atoms with van der Waals surface area (Å²) in [5.41, 5.74) is 3.07. The van der Waals surface area contributed by atoms with Crippen LogP contribution in [0.2, 0.25) is 0 Å². The van der Waals surface area contributed by atoms with Crippen LogP contribution in [-0.2, 0) is 6.54 Å². The molecule has 31 heavy (non-hydrogen) atoms. The molecular formula is C24H24N4O3. The van der Waals surface area contributed by atoms with E-state index in [2.05, 4.69) is 15.3 Å². The summed E-state index contributed by atoms with van der Waals surface area (Å²) in [5, 5.41) is 4.64. The van der Waals surface area contributed by atoms with Crippen LogP contribution >= 0.6 is 0 Å². The van der Waals surface area contributed by atoms with Crippen LogP contribution < -0.4 is 15.6 Å². The largest absolute Gasteiger partial charge is 0.497 e. The maximum Gasteiger partial charge on any atom is 0.258 e. The Labute approximate surface area is 179 Å². The fraction of sp³-hybridized carbons (Fsp3) is 0.292. The van der Waals surface area contributed by atoms with Crippen LogP contribution in [0.15, 0.2) is 47.5 Å². The molecule has 1 aliphatic carbocycles. The molecule has 3 aromatic heterocycles. The van der Waals surface area contributed by atoms with E-state index in [0.29, 0.717) is 41.4 Å². The van der Waals surface area contributed by atoms with Gasteiger partial charge >= 0.3 is 0 Å². The summed E-state index contributed by atoms with van der Waals surface area (Å²) in [6.07, 6.45) is 5.89. The Balaban J connectivity index is 1.80. The third-order valence-corrected chi connectivity index (χ3v) is 5.87. The normalized spacial score (nSPS) is 13.6. The Hall–Kier alpha value is -3.61. The van der Waals surface area contributed by atoms with Crippen LogP contribution in [0.25, 0.3) is 33.1 Å². The topological polar surface area (TPSA) is 89.0 Å². The molecule has 7 nitrogen and oxygen atoms in total. The quantitative estimate of drug-likeness (QED) is 0.501. The minimum absolute atomic E-state index is 0.0937. The van der Waals surface area contributed by atoms with Gasteiger partial charge in [0, 0.05) is 47.4 Å². The molecular weight excluding hydrogens is 392 g/mol. The maximum atomic E-state index is 13.8. The molecule has 1 aromatic carbocycles. The molecule has 7 heteroatoms. The van der Waals surface area contributed by atoms with E-state index in [4.69, 9.17) is 4.74 Å². The number of ether oxygens (including phenoxy) is 1. The van der Waals surface area contributed by atoms with Gasteiger partial charge in [-0.3, -0.25) is 9.59 Å². The zero-order valence-corrected chi connectivity index (χ0v) is 17.6. The van der Waals surface area contributed by atoms with Crippen LogP contribution in [0.5, 0.6) is 5.75 Å². The first-order valence-electron chi connectivity index (χ1n) is 10.6. The Morgan fingerprint density at radius 2 is 2.10 bits per heavy atom. The highest BCUT2D eigenvalue weighted by Gasteiger charge is 2.25. The number of fused-ring (bicyclic) bond motifs is 3. The Morgan fingerprint density at radius 1 is 1.26 bits per heavy atom. The Bertz CT molecular complexity index is 1360. The zero-order chi connectivity index (χ0) is 21.5. The Morgan fingerprint density at radius 3 is 2.84 bits per heavy atom.